The van der Waals surface area contributed by atoms with Gasteiger partial charge in [0, 0.05) is 30.7 Å². The second-order valence-corrected chi connectivity index (χ2v) is 31.2. The van der Waals surface area contributed by atoms with Crippen molar-refractivity contribution in [1.29, 1.82) is 0 Å². The number of nitrogens with two attached hydrogens (primary N) is 2. The highest BCUT2D eigenvalue weighted by molar-refractivity contribution is 9.10. The van der Waals surface area contributed by atoms with Gasteiger partial charge in [0.1, 0.15) is 39.4 Å². The van der Waals surface area contributed by atoms with E-state index < -0.39 is 95.6 Å². The number of nitrogen functional groups attached to an aromatic ring is 1. The molecular weight excluding hydrogens is 1370 g/mol. The minimum atomic E-state index is -1.42. The molecule has 5 heterocycles. The third-order valence-electron chi connectivity index (χ3n) is 13.4. The quantitative estimate of drug-likeness (QED) is 0.0807. The minimum absolute atomic E-state index is 0.109. The van der Waals surface area contributed by atoms with Crippen molar-refractivity contribution < 1.29 is 76.5 Å². The van der Waals surface area contributed by atoms with Gasteiger partial charge in [-0.1, -0.05) is 56.1 Å². The number of hydrogen-bond donors (Lipinski definition) is 5. The van der Waals surface area contributed by atoms with E-state index in [-0.39, 0.29) is 17.2 Å². The first kappa shape index (κ1) is 76.9. The van der Waals surface area contributed by atoms with E-state index in [1.165, 1.54) is 0 Å². The molecule has 3 aromatic heterocycles. The predicted molar refractivity (Wildman–Crippen MR) is 375 cm³/mol. The molecule has 1 fully saturated rings. The molecule has 0 bridgehead atoms. The molecule has 0 atom stereocenters. The number of fused-ring (bicyclic) bond motifs is 4. The molecule has 9 rings (SSSR count). The number of amidine groups is 1. The molecule has 1 saturated heterocycles. The summed E-state index contributed by atoms with van der Waals surface area (Å²) in [7, 11) is -2.15. The van der Waals surface area contributed by atoms with Crippen LogP contribution < -0.4 is 32.2 Å². The number of benzene rings is 4. The average Bonchev–Trinajstić information content (AvgIpc) is 1.61. The Morgan fingerprint density at radius 2 is 0.938 bits per heavy atom. The fourth-order valence-corrected chi connectivity index (χ4v) is 9.39. The molecule has 0 aliphatic carbocycles. The summed E-state index contributed by atoms with van der Waals surface area (Å²) < 4.78 is 49.0. The van der Waals surface area contributed by atoms with Gasteiger partial charge in [-0.25, -0.2) is 28.8 Å². The number of aliphatic imine (C=N–C) groups is 1. The van der Waals surface area contributed by atoms with E-state index in [4.69, 9.17) is 59.2 Å². The summed E-state index contributed by atoms with van der Waals surface area (Å²) in [4.78, 5) is 84.3. The molecule has 27 nitrogen and oxygen atoms in total. The van der Waals surface area contributed by atoms with E-state index in [1.807, 2.05) is 45.9 Å². The number of carbonyl (C=O) groups is 6. The van der Waals surface area contributed by atoms with Gasteiger partial charge in [0.15, 0.2) is 17.5 Å². The van der Waals surface area contributed by atoms with Crippen LogP contribution in [-0.2, 0) is 44.3 Å². The van der Waals surface area contributed by atoms with Crippen LogP contribution in [0.5, 0.6) is 0 Å². The SMILES string of the molecule is CC(C)(C)OC(=O)N(C(=O)OC(C)(C)C)c1nn(C(=O)OC(C)(C)C)c2cc(B3OC(C)(C)C(C)(C)O3)ccc12.CC(C)(C)OC(=O)N(C(=O)OC(C)(C)C)c1nn(C(=O)OC(C)(C)C)c2cc(Br)ccc12.NC1=NCc2cc(B(O)O)ccc21.Nc1n[nH]c2cc(Br)ccc12. The van der Waals surface area contributed by atoms with Gasteiger partial charge in [-0.3, -0.25) is 10.1 Å². The summed E-state index contributed by atoms with van der Waals surface area (Å²) in [5, 5.41) is 34.8. The first-order valence-corrected chi connectivity index (χ1v) is 32.1. The molecule has 2 aliphatic heterocycles. The summed E-state index contributed by atoms with van der Waals surface area (Å²) in [6.45, 7) is 38.7. The zero-order valence-corrected chi connectivity index (χ0v) is 61.6. The summed E-state index contributed by atoms with van der Waals surface area (Å²) in [6, 6.07) is 20.9. The number of imide groups is 2. The Bertz CT molecular complexity index is 4030. The lowest BCUT2D eigenvalue weighted by atomic mass is 9.79. The highest BCUT2D eigenvalue weighted by Crippen LogP contribution is 2.38. The number of carbonyl (C=O) groups excluding carboxylic acids is 6. The van der Waals surface area contributed by atoms with Crippen LogP contribution in [0.3, 0.4) is 0 Å². The van der Waals surface area contributed by atoms with Crippen molar-refractivity contribution in [2.75, 3.05) is 15.5 Å². The number of anilines is 3. The van der Waals surface area contributed by atoms with Crippen molar-refractivity contribution in [3.05, 3.63) is 92.9 Å². The van der Waals surface area contributed by atoms with Crippen LogP contribution in [0.2, 0.25) is 0 Å². The highest BCUT2D eigenvalue weighted by Gasteiger charge is 2.52. The van der Waals surface area contributed by atoms with Gasteiger partial charge in [-0.15, -0.1) is 10.2 Å². The molecule has 0 unspecified atom stereocenters. The Labute approximate surface area is 575 Å². The monoisotopic (exact) mass is 1460 g/mol. The first-order valence-electron chi connectivity index (χ1n) is 30.5. The van der Waals surface area contributed by atoms with Gasteiger partial charge in [-0.2, -0.15) is 24.3 Å². The maximum atomic E-state index is 13.4. The molecule has 0 radical (unpaired) electrons. The molecule has 31 heteroatoms. The number of aromatic nitrogens is 6. The third-order valence-corrected chi connectivity index (χ3v) is 14.4. The largest absolute Gasteiger partial charge is 0.494 e. The smallest absolute Gasteiger partial charge is 0.443 e. The lowest BCUT2D eigenvalue weighted by Gasteiger charge is -2.32. The molecule has 0 saturated carbocycles. The van der Waals surface area contributed by atoms with Crippen LogP contribution in [0.25, 0.3) is 32.7 Å². The Balaban J connectivity index is 0.000000227. The second-order valence-electron chi connectivity index (χ2n) is 29.3. The van der Waals surface area contributed by atoms with E-state index in [2.05, 4.69) is 57.2 Å². The van der Waals surface area contributed by atoms with Gasteiger partial charge >= 0.3 is 50.8 Å². The first-order chi connectivity index (χ1) is 43.7. The number of rotatable bonds is 4. The van der Waals surface area contributed by atoms with Crippen molar-refractivity contribution in [3.8, 4) is 0 Å². The molecular formula is C65H87B2Br2N11O16. The molecule has 96 heavy (non-hydrogen) atoms. The van der Waals surface area contributed by atoms with Gasteiger partial charge in [-0.05, 0) is 217 Å². The van der Waals surface area contributed by atoms with Crippen molar-refractivity contribution in [1.82, 2.24) is 29.8 Å². The summed E-state index contributed by atoms with van der Waals surface area (Å²) >= 11 is 6.72. The van der Waals surface area contributed by atoms with E-state index in [9.17, 15) is 28.8 Å². The number of nitrogens with zero attached hydrogens (tertiary/aromatic N) is 8. The molecule has 7 N–H and O–H groups in total. The number of amides is 4. The van der Waals surface area contributed by atoms with Crippen molar-refractivity contribution >= 4 is 150 Å². The Hall–Kier alpha value is -8.09. The van der Waals surface area contributed by atoms with Crippen LogP contribution >= 0.6 is 31.9 Å². The fraction of sp³-hybridized carbons (Fsp3) is 0.477. The lowest BCUT2D eigenvalue weighted by Crippen LogP contribution is -2.44. The number of halogens is 2. The van der Waals surface area contributed by atoms with Crippen molar-refractivity contribution in [2.45, 2.75) is 204 Å². The highest BCUT2D eigenvalue weighted by atomic mass is 79.9. The zero-order chi connectivity index (χ0) is 72.6. The van der Waals surface area contributed by atoms with Crippen LogP contribution in [0, 0.1) is 0 Å². The van der Waals surface area contributed by atoms with Crippen LogP contribution in [-0.4, -0.2) is 141 Å². The number of ether oxygens (including phenoxy) is 6. The molecule has 4 aromatic carbocycles. The van der Waals surface area contributed by atoms with Crippen LogP contribution in [0.15, 0.2) is 86.7 Å². The van der Waals surface area contributed by atoms with Gasteiger partial charge < -0.3 is 59.2 Å². The molecule has 518 valence electrons. The van der Waals surface area contributed by atoms with E-state index >= 15 is 0 Å². The molecule has 4 amide bonds. The summed E-state index contributed by atoms with van der Waals surface area (Å²) in [5.41, 5.74) is 9.24. The number of hydrogen-bond acceptors (Lipinski definition) is 22. The molecule has 2 aliphatic rings. The normalized spacial score (nSPS) is 14.4. The predicted octanol–water partition coefficient (Wildman–Crippen LogP) is 12.5. The average molecular weight is 1460 g/mol. The third kappa shape index (κ3) is 20.2. The minimum Gasteiger partial charge on any atom is -0.443 e. The van der Waals surface area contributed by atoms with Crippen molar-refractivity contribution in [2.24, 2.45) is 10.7 Å². The topological polar surface area (TPSA) is 352 Å². The maximum Gasteiger partial charge on any atom is 0.494 e. The Kier molecular flexibility index (Phi) is 22.9. The summed E-state index contributed by atoms with van der Waals surface area (Å²) in [6.07, 6.45) is -5.54. The van der Waals surface area contributed by atoms with Crippen LogP contribution in [0.1, 0.15) is 163 Å². The zero-order valence-electron chi connectivity index (χ0n) is 58.4. The second kappa shape index (κ2) is 28.5. The summed E-state index contributed by atoms with van der Waals surface area (Å²) in [5.74, 6) is 0.813. The van der Waals surface area contributed by atoms with E-state index in [0.29, 0.717) is 59.7 Å². The Morgan fingerprint density at radius 1 is 0.552 bits per heavy atom. The number of aromatic amines is 1. The van der Waals surface area contributed by atoms with Gasteiger partial charge in [0.2, 0.25) is 0 Å². The van der Waals surface area contributed by atoms with Gasteiger partial charge in [0.05, 0.1) is 34.3 Å². The molecule has 7 aromatic rings. The molecule has 0 spiro atoms. The lowest BCUT2D eigenvalue weighted by molar-refractivity contribution is 0.00578. The number of nitrogens with one attached hydrogen (secondary N) is 1. The number of H-pyrrole nitrogens is 1. The van der Waals surface area contributed by atoms with E-state index in [1.54, 1.807) is 179 Å². The van der Waals surface area contributed by atoms with E-state index in [0.717, 1.165) is 35.9 Å². The fourth-order valence-electron chi connectivity index (χ4n) is 8.68. The van der Waals surface area contributed by atoms with Gasteiger partial charge in [0.25, 0.3) is 0 Å². The van der Waals surface area contributed by atoms with Crippen molar-refractivity contribution in [3.63, 3.8) is 0 Å². The Morgan fingerprint density at radius 3 is 1.34 bits per heavy atom. The standard InChI is InChI=1S/C28H42BN3O8.C22H30BrN3O6.C8H9BN2O2.C7H6BrN3/c1-24(2,3)36-21(33)31(22(34)37-25(4,5)6)20-18-15-14-17(29-39-27(10,11)28(12,13)40-29)16-19(18)32(30-20)23(35)38-26(7,8)9;1-20(2,3)30-17(27)25(18(28)31-21(4,5)6)16-14-11-10-13(23)12-15(14)26(24-16)19(29)32-22(7,8)9;10-8-7-2-1-6(9(12)13)3-5(7)4-11-8;8-4-1-2-5-6(3-4)10-11-7(5)9/h14-16H,1-13H3;10-12H,1-9H3;1-3,12-13H,4H2,(H2,10,11);1-3H,(H3,9,10,11). The maximum absolute atomic E-state index is 13.4. The van der Waals surface area contributed by atoms with Crippen LogP contribution in [0.4, 0.5) is 46.2 Å².